The molecule has 0 amide bonds. The number of halogens is 1. The van der Waals surface area contributed by atoms with Crippen LogP contribution in [-0.2, 0) is 0 Å². The maximum absolute atomic E-state index is 10.3. The smallest absolute Gasteiger partial charge is 0.270 e. The summed E-state index contributed by atoms with van der Waals surface area (Å²) in [6.45, 7) is 0. The fraction of sp³-hybridized carbons (Fsp3) is 0. The average molecular weight is 201 g/mol. The Morgan fingerprint density at radius 3 is 2.85 bits per heavy atom. The molecule has 0 saturated carbocycles. The van der Waals surface area contributed by atoms with Crippen LogP contribution in [0.15, 0.2) is 23.4 Å². The number of oxime groups is 1. The predicted octanol–water partition coefficient (Wildman–Crippen LogP) is 2.06. The van der Waals surface area contributed by atoms with Crippen LogP contribution in [0, 0.1) is 10.1 Å². The van der Waals surface area contributed by atoms with E-state index in [2.05, 4.69) is 5.16 Å². The summed E-state index contributed by atoms with van der Waals surface area (Å²) in [7, 11) is 0. The standard InChI is InChI=1S/C7H5ClN2O3/c8-7-2-1-6(10(12)13)3-5(7)4-9-11/h1-4,11H/b9-4+. The summed E-state index contributed by atoms with van der Waals surface area (Å²) in [4.78, 5) is 9.77. The molecule has 1 rings (SSSR count). The molecular formula is C7H5ClN2O3. The Bertz CT molecular complexity index is 365. The van der Waals surface area contributed by atoms with Gasteiger partial charge in [0.05, 0.1) is 11.1 Å². The molecule has 1 N–H and O–H groups in total. The average Bonchev–Trinajstić information content (AvgIpc) is 2.08. The molecule has 0 unspecified atom stereocenters. The second kappa shape index (κ2) is 3.86. The van der Waals surface area contributed by atoms with Crippen LogP contribution in [0.2, 0.25) is 5.02 Å². The summed E-state index contributed by atoms with van der Waals surface area (Å²) in [5, 5.41) is 21.6. The Morgan fingerprint density at radius 2 is 2.31 bits per heavy atom. The first kappa shape index (κ1) is 9.47. The molecule has 68 valence electrons. The zero-order valence-corrected chi connectivity index (χ0v) is 7.10. The minimum atomic E-state index is -0.551. The fourth-order valence-corrected chi connectivity index (χ4v) is 0.972. The highest BCUT2D eigenvalue weighted by atomic mass is 35.5. The van der Waals surface area contributed by atoms with Gasteiger partial charge in [0.15, 0.2) is 0 Å². The van der Waals surface area contributed by atoms with Crippen molar-refractivity contribution >= 4 is 23.5 Å². The molecule has 0 fully saturated rings. The lowest BCUT2D eigenvalue weighted by molar-refractivity contribution is -0.384. The molecule has 13 heavy (non-hydrogen) atoms. The molecule has 1 aromatic rings. The highest BCUT2D eigenvalue weighted by Gasteiger charge is 2.07. The molecule has 0 saturated heterocycles. The molecule has 0 radical (unpaired) electrons. The molecule has 0 aromatic heterocycles. The van der Waals surface area contributed by atoms with Crippen molar-refractivity contribution in [3.63, 3.8) is 0 Å². The van der Waals surface area contributed by atoms with Gasteiger partial charge < -0.3 is 5.21 Å². The van der Waals surface area contributed by atoms with Crippen LogP contribution in [0.25, 0.3) is 0 Å². The highest BCUT2D eigenvalue weighted by Crippen LogP contribution is 2.20. The second-order valence-corrected chi connectivity index (χ2v) is 2.61. The van der Waals surface area contributed by atoms with Crippen molar-refractivity contribution in [3.8, 4) is 0 Å². The highest BCUT2D eigenvalue weighted by molar-refractivity contribution is 6.33. The molecular weight excluding hydrogens is 196 g/mol. The zero-order chi connectivity index (χ0) is 9.84. The lowest BCUT2D eigenvalue weighted by atomic mass is 10.2. The molecule has 0 heterocycles. The number of non-ortho nitro benzene ring substituents is 1. The number of nitrogens with zero attached hydrogens (tertiary/aromatic N) is 2. The van der Waals surface area contributed by atoms with E-state index in [1.165, 1.54) is 18.2 Å². The van der Waals surface area contributed by atoms with Crippen molar-refractivity contribution in [1.82, 2.24) is 0 Å². The topological polar surface area (TPSA) is 75.7 Å². The van der Waals surface area contributed by atoms with Gasteiger partial charge in [0, 0.05) is 22.7 Å². The number of nitro benzene ring substituents is 1. The monoisotopic (exact) mass is 200 g/mol. The van der Waals surface area contributed by atoms with Gasteiger partial charge in [-0.2, -0.15) is 0 Å². The third-order valence-corrected chi connectivity index (χ3v) is 1.73. The molecule has 0 aliphatic rings. The van der Waals surface area contributed by atoms with Gasteiger partial charge >= 0.3 is 0 Å². The van der Waals surface area contributed by atoms with Gasteiger partial charge in [-0.25, -0.2) is 0 Å². The first-order valence-electron chi connectivity index (χ1n) is 3.26. The van der Waals surface area contributed by atoms with Gasteiger partial charge in [0.2, 0.25) is 0 Å². The molecule has 0 aliphatic carbocycles. The summed E-state index contributed by atoms with van der Waals surface area (Å²) in [6.07, 6.45) is 1.04. The van der Waals surface area contributed by atoms with E-state index in [9.17, 15) is 10.1 Å². The summed E-state index contributed by atoms with van der Waals surface area (Å²) in [6, 6.07) is 3.87. The lowest BCUT2D eigenvalue weighted by Crippen LogP contribution is -1.90. The fourth-order valence-electron chi connectivity index (χ4n) is 0.806. The first-order chi connectivity index (χ1) is 6.15. The number of benzene rings is 1. The van der Waals surface area contributed by atoms with Gasteiger partial charge in [0.1, 0.15) is 0 Å². The van der Waals surface area contributed by atoms with E-state index >= 15 is 0 Å². The number of rotatable bonds is 2. The van der Waals surface area contributed by atoms with E-state index in [1.807, 2.05) is 0 Å². The van der Waals surface area contributed by atoms with Crippen molar-refractivity contribution in [3.05, 3.63) is 38.9 Å². The molecule has 1 aromatic carbocycles. The third kappa shape index (κ3) is 2.16. The van der Waals surface area contributed by atoms with E-state index in [0.717, 1.165) is 6.21 Å². The van der Waals surface area contributed by atoms with Crippen molar-refractivity contribution in [2.45, 2.75) is 0 Å². The van der Waals surface area contributed by atoms with Crippen LogP contribution in [-0.4, -0.2) is 16.3 Å². The Hall–Kier alpha value is -1.62. The quantitative estimate of drug-likeness (QED) is 0.344. The normalized spacial score (nSPS) is 10.5. The Balaban J connectivity index is 3.18. The van der Waals surface area contributed by atoms with Crippen molar-refractivity contribution in [2.75, 3.05) is 0 Å². The lowest BCUT2D eigenvalue weighted by Gasteiger charge is -1.96. The van der Waals surface area contributed by atoms with Crippen LogP contribution in [0.3, 0.4) is 0 Å². The van der Waals surface area contributed by atoms with Crippen molar-refractivity contribution < 1.29 is 10.1 Å². The first-order valence-corrected chi connectivity index (χ1v) is 3.64. The minimum Gasteiger partial charge on any atom is -0.411 e. The van der Waals surface area contributed by atoms with E-state index < -0.39 is 4.92 Å². The summed E-state index contributed by atoms with van der Waals surface area (Å²) in [5.74, 6) is 0. The largest absolute Gasteiger partial charge is 0.411 e. The van der Waals surface area contributed by atoms with Gasteiger partial charge in [0.25, 0.3) is 5.69 Å². The summed E-state index contributed by atoms with van der Waals surface area (Å²) < 4.78 is 0. The third-order valence-electron chi connectivity index (χ3n) is 1.39. The Labute approximate surface area is 78.4 Å². The van der Waals surface area contributed by atoms with E-state index in [1.54, 1.807) is 0 Å². The van der Waals surface area contributed by atoms with Crippen LogP contribution in [0.1, 0.15) is 5.56 Å². The molecule has 0 aliphatic heterocycles. The van der Waals surface area contributed by atoms with Crippen molar-refractivity contribution in [1.29, 1.82) is 0 Å². The Kier molecular flexibility index (Phi) is 2.81. The van der Waals surface area contributed by atoms with E-state index in [0.29, 0.717) is 10.6 Å². The van der Waals surface area contributed by atoms with Gasteiger partial charge in [-0.1, -0.05) is 16.8 Å². The molecule has 0 bridgehead atoms. The molecule has 5 nitrogen and oxygen atoms in total. The summed E-state index contributed by atoms with van der Waals surface area (Å²) in [5.41, 5.74) is 0.206. The maximum Gasteiger partial charge on any atom is 0.270 e. The number of hydrogen-bond donors (Lipinski definition) is 1. The summed E-state index contributed by atoms with van der Waals surface area (Å²) >= 11 is 5.65. The minimum absolute atomic E-state index is 0.0979. The molecule has 6 heteroatoms. The Morgan fingerprint density at radius 1 is 1.62 bits per heavy atom. The maximum atomic E-state index is 10.3. The van der Waals surface area contributed by atoms with E-state index in [4.69, 9.17) is 16.8 Å². The van der Waals surface area contributed by atoms with Gasteiger partial charge in [-0.05, 0) is 6.07 Å². The molecule has 0 spiro atoms. The second-order valence-electron chi connectivity index (χ2n) is 2.21. The van der Waals surface area contributed by atoms with Crippen LogP contribution >= 0.6 is 11.6 Å². The van der Waals surface area contributed by atoms with Gasteiger partial charge in [-0.3, -0.25) is 10.1 Å². The van der Waals surface area contributed by atoms with Gasteiger partial charge in [-0.15, -0.1) is 0 Å². The van der Waals surface area contributed by atoms with Crippen molar-refractivity contribution in [2.24, 2.45) is 5.16 Å². The SMILES string of the molecule is O=[N+]([O-])c1ccc(Cl)c(/C=N/O)c1. The van der Waals surface area contributed by atoms with Crippen LogP contribution in [0.5, 0.6) is 0 Å². The number of nitro groups is 1. The van der Waals surface area contributed by atoms with E-state index in [-0.39, 0.29) is 5.69 Å². The van der Waals surface area contributed by atoms with Crippen LogP contribution < -0.4 is 0 Å². The number of hydrogen-bond acceptors (Lipinski definition) is 4. The predicted molar refractivity (Wildman–Crippen MR) is 47.5 cm³/mol. The zero-order valence-electron chi connectivity index (χ0n) is 6.35. The molecule has 0 atom stereocenters. The van der Waals surface area contributed by atoms with Crippen LogP contribution in [0.4, 0.5) is 5.69 Å².